The first-order valence-electron chi connectivity index (χ1n) is 6.08. The molecule has 1 aromatic carbocycles. The van der Waals surface area contributed by atoms with Crippen LogP contribution in [0.3, 0.4) is 0 Å². The first-order chi connectivity index (χ1) is 8.97. The molecule has 1 aromatic heterocycles. The molecule has 1 atom stereocenters. The molecule has 1 heterocycles. The van der Waals surface area contributed by atoms with Gasteiger partial charge in [0.2, 0.25) is 0 Å². The third-order valence-corrected chi connectivity index (χ3v) is 4.64. The summed E-state index contributed by atoms with van der Waals surface area (Å²) in [5, 5.41) is 14.5. The number of aromatic nitrogens is 2. The van der Waals surface area contributed by atoms with E-state index in [-0.39, 0.29) is 0 Å². The van der Waals surface area contributed by atoms with Crippen LogP contribution in [0, 0.1) is 6.92 Å². The summed E-state index contributed by atoms with van der Waals surface area (Å²) in [7, 11) is 1.90. The van der Waals surface area contributed by atoms with Crippen LogP contribution >= 0.6 is 31.9 Å². The van der Waals surface area contributed by atoms with E-state index in [1.165, 1.54) is 0 Å². The Hall–Kier alpha value is -0.650. The van der Waals surface area contributed by atoms with Crippen molar-refractivity contribution in [1.29, 1.82) is 0 Å². The first-order valence-corrected chi connectivity index (χ1v) is 7.66. The van der Waals surface area contributed by atoms with Crippen molar-refractivity contribution in [2.45, 2.75) is 25.9 Å². The zero-order valence-corrected chi connectivity index (χ0v) is 14.1. The number of hydrogen-bond acceptors (Lipinski definition) is 2. The van der Waals surface area contributed by atoms with Gasteiger partial charge in [0, 0.05) is 17.9 Å². The highest BCUT2D eigenvalue weighted by Gasteiger charge is 2.15. The number of hydrogen-bond donors (Lipinski definition) is 1. The van der Waals surface area contributed by atoms with Gasteiger partial charge in [-0.2, -0.15) is 5.10 Å². The van der Waals surface area contributed by atoms with Crippen molar-refractivity contribution in [3.05, 3.63) is 50.2 Å². The summed E-state index contributed by atoms with van der Waals surface area (Å²) in [5.74, 6) is 0. The fourth-order valence-electron chi connectivity index (χ4n) is 2.09. The maximum Gasteiger partial charge on any atom is 0.0738 e. The second-order valence-corrected chi connectivity index (χ2v) is 6.37. The fourth-order valence-corrected chi connectivity index (χ4v) is 2.85. The predicted octanol–water partition coefficient (Wildman–Crippen LogP) is 3.40. The summed E-state index contributed by atoms with van der Waals surface area (Å²) in [5.41, 5.74) is 3.11. The molecule has 5 heteroatoms. The Morgan fingerprint density at radius 3 is 2.37 bits per heavy atom. The second kappa shape index (κ2) is 6.20. The molecule has 102 valence electrons. The molecule has 0 aliphatic rings. The van der Waals surface area contributed by atoms with Crippen LogP contribution in [0.25, 0.3) is 0 Å². The average molecular weight is 388 g/mol. The number of aliphatic hydroxyl groups excluding tert-OH is 1. The van der Waals surface area contributed by atoms with E-state index in [9.17, 15) is 5.11 Å². The van der Waals surface area contributed by atoms with Crippen molar-refractivity contribution >= 4 is 31.9 Å². The SMILES string of the molecule is Cc1nn(C)c(CC(O)Cc2ccc(Br)cc2)c1Br. The molecule has 1 unspecified atom stereocenters. The van der Waals surface area contributed by atoms with Crippen LogP contribution in [0.2, 0.25) is 0 Å². The van der Waals surface area contributed by atoms with Gasteiger partial charge in [-0.15, -0.1) is 0 Å². The van der Waals surface area contributed by atoms with Crippen LogP contribution in [-0.2, 0) is 19.9 Å². The van der Waals surface area contributed by atoms with E-state index in [0.717, 1.165) is 25.9 Å². The standard InChI is InChI=1S/C14H16Br2N2O/c1-9-14(16)13(18(2)17-9)8-12(19)7-10-3-5-11(15)6-4-10/h3-6,12,19H,7-8H2,1-2H3. The van der Waals surface area contributed by atoms with E-state index in [4.69, 9.17) is 0 Å². The summed E-state index contributed by atoms with van der Waals surface area (Å²) in [4.78, 5) is 0. The fraction of sp³-hybridized carbons (Fsp3) is 0.357. The third kappa shape index (κ3) is 3.68. The van der Waals surface area contributed by atoms with Gasteiger partial charge in [0.25, 0.3) is 0 Å². The van der Waals surface area contributed by atoms with Gasteiger partial charge in [0.05, 0.1) is 22.0 Å². The summed E-state index contributed by atoms with van der Waals surface area (Å²) in [6.45, 7) is 1.95. The van der Waals surface area contributed by atoms with Gasteiger partial charge in [0.1, 0.15) is 0 Å². The number of rotatable bonds is 4. The molecule has 0 saturated heterocycles. The van der Waals surface area contributed by atoms with Gasteiger partial charge < -0.3 is 5.11 Å². The first kappa shape index (κ1) is 14.8. The Morgan fingerprint density at radius 1 is 1.21 bits per heavy atom. The van der Waals surface area contributed by atoms with E-state index in [0.29, 0.717) is 12.8 Å². The molecule has 1 N–H and O–H groups in total. The van der Waals surface area contributed by atoms with Gasteiger partial charge in [-0.1, -0.05) is 28.1 Å². The van der Waals surface area contributed by atoms with Crippen LogP contribution in [0.1, 0.15) is 17.0 Å². The van der Waals surface area contributed by atoms with Crippen molar-refractivity contribution in [3.63, 3.8) is 0 Å². The molecule has 0 radical (unpaired) electrons. The molecule has 0 spiro atoms. The summed E-state index contributed by atoms with van der Waals surface area (Å²) in [6, 6.07) is 8.03. The van der Waals surface area contributed by atoms with Gasteiger partial charge in [-0.05, 0) is 47.0 Å². The third-order valence-electron chi connectivity index (χ3n) is 3.08. The minimum atomic E-state index is -0.410. The lowest BCUT2D eigenvalue weighted by Crippen LogP contribution is -2.16. The van der Waals surface area contributed by atoms with E-state index < -0.39 is 6.10 Å². The second-order valence-electron chi connectivity index (χ2n) is 4.66. The Bertz CT molecular complexity index is 564. The van der Waals surface area contributed by atoms with Crippen molar-refractivity contribution in [2.75, 3.05) is 0 Å². The molecular formula is C14H16Br2N2O. The van der Waals surface area contributed by atoms with Crippen LogP contribution < -0.4 is 0 Å². The smallest absolute Gasteiger partial charge is 0.0738 e. The molecule has 0 saturated carbocycles. The van der Waals surface area contributed by atoms with E-state index in [2.05, 4.69) is 37.0 Å². The van der Waals surface area contributed by atoms with Gasteiger partial charge in [-0.25, -0.2) is 0 Å². The molecule has 0 aliphatic heterocycles. The van der Waals surface area contributed by atoms with E-state index >= 15 is 0 Å². The zero-order valence-electron chi connectivity index (χ0n) is 10.9. The molecular weight excluding hydrogens is 372 g/mol. The van der Waals surface area contributed by atoms with E-state index in [1.54, 1.807) is 0 Å². The van der Waals surface area contributed by atoms with Crippen LogP contribution in [0.4, 0.5) is 0 Å². The number of aryl methyl sites for hydroxylation is 2. The Labute approximate surface area is 129 Å². The molecule has 3 nitrogen and oxygen atoms in total. The van der Waals surface area contributed by atoms with Crippen molar-refractivity contribution in [1.82, 2.24) is 9.78 Å². The lowest BCUT2D eigenvalue weighted by atomic mass is 10.0. The average Bonchev–Trinajstić information content (AvgIpc) is 2.59. The largest absolute Gasteiger partial charge is 0.392 e. The van der Waals surface area contributed by atoms with Crippen LogP contribution in [0.15, 0.2) is 33.2 Å². The lowest BCUT2D eigenvalue weighted by Gasteiger charge is -2.11. The number of halogens is 2. The normalized spacial score (nSPS) is 12.7. The quantitative estimate of drug-likeness (QED) is 0.872. The zero-order chi connectivity index (χ0) is 14.0. The monoisotopic (exact) mass is 386 g/mol. The van der Waals surface area contributed by atoms with Gasteiger partial charge in [-0.3, -0.25) is 4.68 Å². The topological polar surface area (TPSA) is 38.0 Å². The maximum absolute atomic E-state index is 10.2. The molecule has 0 amide bonds. The Kier molecular flexibility index (Phi) is 4.81. The molecule has 0 aliphatic carbocycles. The molecule has 19 heavy (non-hydrogen) atoms. The summed E-state index contributed by atoms with van der Waals surface area (Å²) in [6.07, 6.45) is 0.824. The number of nitrogens with zero attached hydrogens (tertiary/aromatic N) is 2. The molecule has 2 rings (SSSR count). The van der Waals surface area contributed by atoms with Gasteiger partial charge in [0.15, 0.2) is 0 Å². The van der Waals surface area contributed by atoms with Crippen LogP contribution in [0.5, 0.6) is 0 Å². The summed E-state index contributed by atoms with van der Waals surface area (Å²) < 4.78 is 3.87. The number of aliphatic hydroxyl groups is 1. The highest BCUT2D eigenvalue weighted by Crippen LogP contribution is 2.22. The maximum atomic E-state index is 10.2. The molecule has 0 fully saturated rings. The van der Waals surface area contributed by atoms with Crippen molar-refractivity contribution in [2.24, 2.45) is 7.05 Å². The Balaban J connectivity index is 2.05. The van der Waals surface area contributed by atoms with Gasteiger partial charge >= 0.3 is 0 Å². The predicted molar refractivity (Wildman–Crippen MR) is 83.2 cm³/mol. The van der Waals surface area contributed by atoms with Crippen molar-refractivity contribution in [3.8, 4) is 0 Å². The minimum Gasteiger partial charge on any atom is -0.392 e. The summed E-state index contributed by atoms with van der Waals surface area (Å²) >= 11 is 6.93. The minimum absolute atomic E-state index is 0.410. The molecule has 0 bridgehead atoms. The highest BCUT2D eigenvalue weighted by molar-refractivity contribution is 9.10. The van der Waals surface area contributed by atoms with E-state index in [1.807, 2.05) is 42.9 Å². The lowest BCUT2D eigenvalue weighted by molar-refractivity contribution is 0.172. The van der Waals surface area contributed by atoms with Crippen LogP contribution in [-0.4, -0.2) is 21.0 Å². The van der Waals surface area contributed by atoms with Crippen molar-refractivity contribution < 1.29 is 5.11 Å². The highest BCUT2D eigenvalue weighted by atomic mass is 79.9. The number of benzene rings is 1. The molecule has 2 aromatic rings. The Morgan fingerprint density at radius 2 is 1.84 bits per heavy atom.